The van der Waals surface area contributed by atoms with Gasteiger partial charge in [-0.2, -0.15) is 0 Å². The van der Waals surface area contributed by atoms with Crippen molar-refractivity contribution < 1.29 is 18.7 Å². The number of pyridine rings is 1. The molecule has 5 heterocycles. The van der Waals surface area contributed by atoms with E-state index in [2.05, 4.69) is 25.1 Å². The second-order valence-electron chi connectivity index (χ2n) is 13.1. The average Bonchev–Trinajstić information content (AvgIpc) is 3.72. The minimum atomic E-state index is -0.504. The number of hydrogen-bond acceptors (Lipinski definition) is 8. The van der Waals surface area contributed by atoms with Gasteiger partial charge >= 0.3 is 6.09 Å². The van der Waals surface area contributed by atoms with Crippen LogP contribution < -0.4 is 9.64 Å². The number of rotatable bonds is 5. The standard InChI is InChI=1S/C31H35FN6O3/c1-30(2,3)41-29(39)38-21-9-10-22(38)15-31(14-21)16-37(17-31)27-28(36-35-18-34-27)40-25-11-8-20(32)13-24(25)23-5-4-12-33-26(23)19-6-7-19/h4-5,8,11-13,18-19,21-22H,6-7,9-10,14-17H2,1-3H3. The average molecular weight is 559 g/mol. The van der Waals surface area contributed by atoms with Gasteiger partial charge in [0.05, 0.1) is 5.69 Å². The molecule has 214 valence electrons. The molecule has 2 aromatic heterocycles. The Bertz CT molecular complexity index is 1470. The van der Waals surface area contributed by atoms with Crippen LogP contribution in [0.25, 0.3) is 11.1 Å². The van der Waals surface area contributed by atoms with Gasteiger partial charge in [-0.1, -0.05) is 6.07 Å². The molecule has 3 aliphatic heterocycles. The van der Waals surface area contributed by atoms with E-state index < -0.39 is 5.60 Å². The number of nitrogens with zero attached hydrogens (tertiary/aromatic N) is 6. The Morgan fingerprint density at radius 2 is 1.78 bits per heavy atom. The number of carbonyl (C=O) groups excluding carboxylic acids is 1. The fourth-order valence-electron chi connectivity index (χ4n) is 7.00. The van der Waals surface area contributed by atoms with Gasteiger partial charge < -0.3 is 19.3 Å². The van der Waals surface area contributed by atoms with E-state index in [0.717, 1.165) is 62.9 Å². The van der Waals surface area contributed by atoms with Gasteiger partial charge in [-0.25, -0.2) is 14.2 Å². The number of piperidine rings is 1. The van der Waals surface area contributed by atoms with E-state index in [1.54, 1.807) is 12.3 Å². The summed E-state index contributed by atoms with van der Waals surface area (Å²) in [5, 5.41) is 8.29. The van der Waals surface area contributed by atoms with Crippen LogP contribution in [-0.4, -0.2) is 61.9 Å². The summed E-state index contributed by atoms with van der Waals surface area (Å²) in [5.41, 5.74) is 2.09. The predicted octanol–water partition coefficient (Wildman–Crippen LogP) is 6.11. The normalized spacial score (nSPS) is 22.9. The van der Waals surface area contributed by atoms with Crippen LogP contribution in [-0.2, 0) is 4.74 Å². The largest absolute Gasteiger partial charge is 0.444 e. The molecule has 41 heavy (non-hydrogen) atoms. The van der Waals surface area contributed by atoms with Gasteiger partial charge in [0.1, 0.15) is 23.5 Å². The number of fused-ring (bicyclic) bond motifs is 2. The van der Waals surface area contributed by atoms with Crippen LogP contribution in [0.15, 0.2) is 42.9 Å². The third-order valence-corrected chi connectivity index (χ3v) is 8.73. The number of amides is 1. The lowest BCUT2D eigenvalue weighted by Gasteiger charge is -2.56. The predicted molar refractivity (Wildman–Crippen MR) is 150 cm³/mol. The first-order valence-corrected chi connectivity index (χ1v) is 14.5. The Morgan fingerprint density at radius 1 is 1.02 bits per heavy atom. The summed E-state index contributed by atoms with van der Waals surface area (Å²) in [6, 6.07) is 8.76. The first kappa shape index (κ1) is 26.1. The fraction of sp³-hybridized carbons (Fsp3) is 0.516. The van der Waals surface area contributed by atoms with E-state index in [4.69, 9.17) is 9.47 Å². The highest BCUT2D eigenvalue weighted by Crippen LogP contribution is 2.52. The zero-order chi connectivity index (χ0) is 28.4. The first-order valence-electron chi connectivity index (χ1n) is 14.5. The van der Waals surface area contributed by atoms with Gasteiger partial charge in [0.15, 0.2) is 5.82 Å². The molecule has 4 fully saturated rings. The van der Waals surface area contributed by atoms with Crippen LogP contribution in [0.3, 0.4) is 0 Å². The highest BCUT2D eigenvalue weighted by molar-refractivity contribution is 5.74. The second kappa shape index (κ2) is 9.63. The first-order chi connectivity index (χ1) is 19.7. The van der Waals surface area contributed by atoms with Crippen molar-refractivity contribution in [1.82, 2.24) is 25.1 Å². The maximum absolute atomic E-state index is 14.5. The number of halogens is 1. The topological polar surface area (TPSA) is 93.6 Å². The number of anilines is 1. The summed E-state index contributed by atoms with van der Waals surface area (Å²) in [4.78, 5) is 26.2. The summed E-state index contributed by atoms with van der Waals surface area (Å²) in [7, 11) is 0. The van der Waals surface area contributed by atoms with Gasteiger partial charge in [-0.3, -0.25) is 4.98 Å². The van der Waals surface area contributed by atoms with Gasteiger partial charge in [0.2, 0.25) is 0 Å². The molecule has 0 N–H and O–H groups in total. The van der Waals surface area contributed by atoms with Gasteiger partial charge in [-0.05, 0) is 83.6 Å². The molecule has 1 aliphatic carbocycles. The molecule has 3 aromatic rings. The van der Waals surface area contributed by atoms with Crippen molar-refractivity contribution in [2.24, 2.45) is 5.41 Å². The smallest absolute Gasteiger partial charge is 0.410 e. The zero-order valence-electron chi connectivity index (χ0n) is 23.7. The Balaban J connectivity index is 1.10. The number of ether oxygens (including phenoxy) is 2. The third kappa shape index (κ3) is 4.97. The maximum Gasteiger partial charge on any atom is 0.410 e. The Morgan fingerprint density at radius 3 is 2.49 bits per heavy atom. The van der Waals surface area contributed by atoms with E-state index in [1.807, 2.05) is 37.8 Å². The molecule has 1 spiro atoms. The summed E-state index contributed by atoms with van der Waals surface area (Å²) in [5.74, 6) is 1.46. The Hall–Kier alpha value is -3.82. The lowest BCUT2D eigenvalue weighted by atomic mass is 9.69. The van der Waals surface area contributed by atoms with E-state index in [0.29, 0.717) is 28.9 Å². The van der Waals surface area contributed by atoms with Crippen molar-refractivity contribution >= 4 is 11.9 Å². The molecular weight excluding hydrogens is 523 g/mol. The molecule has 0 radical (unpaired) electrons. The summed E-state index contributed by atoms with van der Waals surface area (Å²) in [6.45, 7) is 7.35. The van der Waals surface area contributed by atoms with Crippen LogP contribution in [0.2, 0.25) is 0 Å². The van der Waals surface area contributed by atoms with Crippen molar-refractivity contribution in [2.45, 2.75) is 82.9 Å². The van der Waals surface area contributed by atoms with Crippen molar-refractivity contribution in [3.8, 4) is 22.8 Å². The number of carbonyl (C=O) groups is 1. The molecule has 2 atom stereocenters. The van der Waals surface area contributed by atoms with Crippen molar-refractivity contribution in [2.75, 3.05) is 18.0 Å². The molecule has 1 amide bonds. The zero-order valence-corrected chi connectivity index (χ0v) is 23.7. The molecular formula is C31H35FN6O3. The molecule has 3 saturated heterocycles. The van der Waals surface area contributed by atoms with Crippen molar-refractivity contribution in [3.05, 3.63) is 54.4 Å². The van der Waals surface area contributed by atoms with Crippen LogP contribution in [0.4, 0.5) is 15.0 Å². The van der Waals surface area contributed by atoms with E-state index >= 15 is 0 Å². The molecule has 2 unspecified atom stereocenters. The van der Waals surface area contributed by atoms with Crippen molar-refractivity contribution in [1.29, 1.82) is 0 Å². The Kier molecular flexibility index (Phi) is 6.13. The summed E-state index contributed by atoms with van der Waals surface area (Å²) < 4.78 is 26.5. The highest BCUT2D eigenvalue weighted by Gasteiger charge is 2.56. The van der Waals surface area contributed by atoms with Gasteiger partial charge in [-0.15, -0.1) is 10.2 Å². The third-order valence-electron chi connectivity index (χ3n) is 8.73. The highest BCUT2D eigenvalue weighted by atomic mass is 19.1. The van der Waals surface area contributed by atoms with Gasteiger partial charge in [0, 0.05) is 53.8 Å². The minimum absolute atomic E-state index is 0.114. The quantitative estimate of drug-likeness (QED) is 0.370. The molecule has 4 aliphatic rings. The number of aromatic nitrogens is 4. The molecule has 2 bridgehead atoms. The lowest BCUT2D eigenvalue weighted by molar-refractivity contribution is -0.0183. The molecule has 1 saturated carbocycles. The van der Waals surface area contributed by atoms with Crippen LogP contribution in [0, 0.1) is 11.2 Å². The lowest BCUT2D eigenvalue weighted by Crippen LogP contribution is -2.64. The second-order valence-corrected chi connectivity index (χ2v) is 13.1. The SMILES string of the molecule is CC(C)(C)OC(=O)N1C2CCC1CC1(C2)CN(c2ncnnc2Oc2ccc(F)cc2-c2cccnc2C2CC2)C1. The minimum Gasteiger partial charge on any atom is -0.444 e. The number of hydrogen-bond donors (Lipinski definition) is 0. The molecule has 7 rings (SSSR count). The van der Waals surface area contributed by atoms with E-state index in [-0.39, 0.29) is 29.4 Å². The summed E-state index contributed by atoms with van der Waals surface area (Å²) >= 11 is 0. The maximum atomic E-state index is 14.5. The van der Waals surface area contributed by atoms with Crippen LogP contribution in [0.1, 0.15) is 70.9 Å². The van der Waals surface area contributed by atoms with Gasteiger partial charge in [0.25, 0.3) is 5.88 Å². The van der Waals surface area contributed by atoms with Crippen LogP contribution in [0.5, 0.6) is 11.6 Å². The summed E-state index contributed by atoms with van der Waals surface area (Å²) in [6.07, 6.45) is 9.11. The fourth-order valence-corrected chi connectivity index (χ4v) is 7.00. The number of benzene rings is 1. The van der Waals surface area contributed by atoms with E-state index in [9.17, 15) is 9.18 Å². The monoisotopic (exact) mass is 558 g/mol. The molecule has 1 aromatic carbocycles. The van der Waals surface area contributed by atoms with E-state index in [1.165, 1.54) is 18.5 Å². The Labute approximate surface area is 239 Å². The molecule has 10 heteroatoms. The van der Waals surface area contributed by atoms with Crippen molar-refractivity contribution in [3.63, 3.8) is 0 Å². The van der Waals surface area contributed by atoms with Crippen LogP contribution >= 0.6 is 0 Å². The molecule has 9 nitrogen and oxygen atoms in total.